The van der Waals surface area contributed by atoms with Gasteiger partial charge in [0.1, 0.15) is 0 Å². The Kier molecular flexibility index (Phi) is 5.20. The van der Waals surface area contributed by atoms with Gasteiger partial charge in [0, 0.05) is 0 Å². The molecule has 1 atom stereocenters. The zero-order chi connectivity index (χ0) is 13.0. The van der Waals surface area contributed by atoms with E-state index in [0.717, 1.165) is 13.0 Å². The van der Waals surface area contributed by atoms with Gasteiger partial charge in [-0.25, -0.2) is 0 Å². The third-order valence-corrected chi connectivity index (χ3v) is 3.77. The summed E-state index contributed by atoms with van der Waals surface area (Å²) in [6.07, 6.45) is 1.11. The van der Waals surface area contributed by atoms with Crippen LogP contribution in [0, 0.1) is 18.8 Å². The monoisotopic (exact) mass is 233 g/mol. The van der Waals surface area contributed by atoms with Gasteiger partial charge in [-0.1, -0.05) is 45.9 Å². The molecule has 0 saturated carbocycles. The lowest BCUT2D eigenvalue weighted by Crippen LogP contribution is -2.22. The van der Waals surface area contributed by atoms with Gasteiger partial charge in [0.25, 0.3) is 0 Å². The molecule has 0 bridgehead atoms. The van der Waals surface area contributed by atoms with Gasteiger partial charge in [0.05, 0.1) is 0 Å². The maximum atomic E-state index is 5.87. The highest BCUT2D eigenvalue weighted by Gasteiger charge is 2.14. The third kappa shape index (κ3) is 3.85. The zero-order valence-electron chi connectivity index (χ0n) is 12.0. The largest absolute Gasteiger partial charge is 0.330 e. The van der Waals surface area contributed by atoms with Crippen LogP contribution in [0.1, 0.15) is 50.3 Å². The van der Waals surface area contributed by atoms with Gasteiger partial charge < -0.3 is 5.73 Å². The molecule has 0 radical (unpaired) electrons. The number of rotatable bonds is 5. The molecule has 1 rings (SSSR count). The molecule has 96 valence electrons. The van der Waals surface area contributed by atoms with Crippen molar-refractivity contribution in [3.8, 4) is 0 Å². The summed E-state index contributed by atoms with van der Waals surface area (Å²) in [5.41, 5.74) is 10.2. The Morgan fingerprint density at radius 2 is 1.76 bits per heavy atom. The predicted octanol–water partition coefficient (Wildman–Crippen LogP) is 3.89. The average molecular weight is 233 g/mol. The minimum Gasteiger partial charge on any atom is -0.330 e. The normalized spacial score (nSPS) is 13.4. The first kappa shape index (κ1) is 14.2. The molecule has 1 aromatic carbocycles. The molecule has 1 unspecified atom stereocenters. The SMILES string of the molecule is Cc1ccc(C(C)C)cc1CC(CN)C(C)C. The van der Waals surface area contributed by atoms with Gasteiger partial charge >= 0.3 is 0 Å². The highest BCUT2D eigenvalue weighted by Crippen LogP contribution is 2.23. The molecule has 0 aromatic heterocycles. The minimum absolute atomic E-state index is 0.594. The Labute approximate surface area is 106 Å². The number of benzene rings is 1. The van der Waals surface area contributed by atoms with Gasteiger partial charge in [-0.3, -0.25) is 0 Å². The highest BCUT2D eigenvalue weighted by atomic mass is 14.5. The zero-order valence-corrected chi connectivity index (χ0v) is 12.0. The second-order valence-corrected chi connectivity index (χ2v) is 5.78. The van der Waals surface area contributed by atoms with Crippen LogP contribution in [0.15, 0.2) is 18.2 Å². The van der Waals surface area contributed by atoms with Crippen LogP contribution in [0.2, 0.25) is 0 Å². The van der Waals surface area contributed by atoms with Crippen molar-refractivity contribution < 1.29 is 0 Å². The van der Waals surface area contributed by atoms with Crippen molar-refractivity contribution in [2.45, 2.75) is 47.0 Å². The Morgan fingerprint density at radius 1 is 1.12 bits per heavy atom. The van der Waals surface area contributed by atoms with E-state index < -0.39 is 0 Å². The molecular formula is C16H27N. The quantitative estimate of drug-likeness (QED) is 0.820. The first-order chi connectivity index (χ1) is 7.95. The van der Waals surface area contributed by atoms with Crippen molar-refractivity contribution in [2.75, 3.05) is 6.54 Å². The summed E-state index contributed by atoms with van der Waals surface area (Å²) in [6.45, 7) is 12.0. The molecule has 0 spiro atoms. The molecule has 1 aromatic rings. The van der Waals surface area contributed by atoms with E-state index >= 15 is 0 Å². The van der Waals surface area contributed by atoms with Crippen LogP contribution in [-0.2, 0) is 6.42 Å². The number of hydrogen-bond donors (Lipinski definition) is 1. The first-order valence-corrected chi connectivity index (χ1v) is 6.75. The second-order valence-electron chi connectivity index (χ2n) is 5.78. The van der Waals surface area contributed by atoms with Crippen LogP contribution in [0.4, 0.5) is 0 Å². The van der Waals surface area contributed by atoms with Crippen molar-refractivity contribution in [3.05, 3.63) is 34.9 Å². The van der Waals surface area contributed by atoms with E-state index in [0.29, 0.717) is 17.8 Å². The molecule has 0 aliphatic rings. The number of nitrogens with two attached hydrogens (primary N) is 1. The van der Waals surface area contributed by atoms with Gasteiger partial charge in [-0.05, 0) is 54.3 Å². The third-order valence-electron chi connectivity index (χ3n) is 3.77. The molecule has 2 N–H and O–H groups in total. The van der Waals surface area contributed by atoms with Crippen LogP contribution in [0.5, 0.6) is 0 Å². The van der Waals surface area contributed by atoms with E-state index in [-0.39, 0.29) is 0 Å². The van der Waals surface area contributed by atoms with Crippen molar-refractivity contribution in [2.24, 2.45) is 17.6 Å². The molecule has 0 heterocycles. The molecule has 0 aliphatic carbocycles. The fourth-order valence-corrected chi connectivity index (χ4v) is 2.14. The van der Waals surface area contributed by atoms with Gasteiger partial charge in [0.15, 0.2) is 0 Å². The molecule has 0 fully saturated rings. The molecule has 1 heteroatoms. The summed E-state index contributed by atoms with van der Waals surface area (Å²) < 4.78 is 0. The maximum Gasteiger partial charge on any atom is -0.00432 e. The highest BCUT2D eigenvalue weighted by molar-refractivity contribution is 5.33. The fraction of sp³-hybridized carbons (Fsp3) is 0.625. The van der Waals surface area contributed by atoms with Gasteiger partial charge in [0.2, 0.25) is 0 Å². The summed E-state index contributed by atoms with van der Waals surface area (Å²) in [6, 6.07) is 6.86. The smallest absolute Gasteiger partial charge is 0.00432 e. The molecule has 0 aliphatic heterocycles. The standard InChI is InChI=1S/C16H27N/c1-11(2)14-7-6-13(5)15(8-14)9-16(10-17)12(3)4/h6-8,11-12,16H,9-10,17H2,1-5H3. The summed E-state index contributed by atoms with van der Waals surface area (Å²) in [5, 5.41) is 0. The number of hydrogen-bond acceptors (Lipinski definition) is 1. The summed E-state index contributed by atoms with van der Waals surface area (Å²) in [7, 11) is 0. The lowest BCUT2D eigenvalue weighted by atomic mass is 9.86. The van der Waals surface area contributed by atoms with Crippen molar-refractivity contribution in [1.29, 1.82) is 0 Å². The number of aryl methyl sites for hydroxylation is 1. The van der Waals surface area contributed by atoms with Crippen molar-refractivity contribution in [3.63, 3.8) is 0 Å². The molecule has 0 saturated heterocycles. The minimum atomic E-state index is 0.594. The topological polar surface area (TPSA) is 26.0 Å². The van der Waals surface area contributed by atoms with Crippen molar-refractivity contribution >= 4 is 0 Å². The summed E-state index contributed by atoms with van der Waals surface area (Å²) in [4.78, 5) is 0. The fourth-order valence-electron chi connectivity index (χ4n) is 2.14. The van der Waals surface area contributed by atoms with Crippen LogP contribution < -0.4 is 5.73 Å². The lowest BCUT2D eigenvalue weighted by molar-refractivity contribution is 0.391. The van der Waals surface area contributed by atoms with Crippen LogP contribution in [-0.4, -0.2) is 6.54 Å². The maximum absolute atomic E-state index is 5.87. The summed E-state index contributed by atoms with van der Waals surface area (Å²) >= 11 is 0. The predicted molar refractivity (Wildman–Crippen MR) is 76.4 cm³/mol. The van der Waals surface area contributed by atoms with Crippen LogP contribution in [0.3, 0.4) is 0 Å². The summed E-state index contributed by atoms with van der Waals surface area (Å²) in [5.74, 6) is 1.85. The lowest BCUT2D eigenvalue weighted by Gasteiger charge is -2.21. The van der Waals surface area contributed by atoms with Gasteiger partial charge in [-0.2, -0.15) is 0 Å². The van der Waals surface area contributed by atoms with Crippen molar-refractivity contribution in [1.82, 2.24) is 0 Å². The second kappa shape index (κ2) is 6.20. The average Bonchev–Trinajstić information content (AvgIpc) is 2.27. The molecule has 1 nitrogen and oxygen atoms in total. The van der Waals surface area contributed by atoms with E-state index in [1.165, 1.54) is 16.7 Å². The molecule has 0 amide bonds. The Balaban J connectivity index is 2.92. The Morgan fingerprint density at radius 3 is 2.24 bits per heavy atom. The van der Waals surface area contributed by atoms with E-state index in [2.05, 4.69) is 52.8 Å². The Hall–Kier alpha value is -0.820. The Bertz CT molecular complexity index is 353. The van der Waals surface area contributed by atoms with E-state index in [1.54, 1.807) is 0 Å². The van der Waals surface area contributed by atoms with Gasteiger partial charge in [-0.15, -0.1) is 0 Å². The first-order valence-electron chi connectivity index (χ1n) is 6.75. The van der Waals surface area contributed by atoms with Crippen LogP contribution >= 0.6 is 0 Å². The van der Waals surface area contributed by atoms with E-state index in [1.807, 2.05) is 0 Å². The van der Waals surface area contributed by atoms with E-state index in [4.69, 9.17) is 5.73 Å². The van der Waals surface area contributed by atoms with Crippen LogP contribution in [0.25, 0.3) is 0 Å². The molecule has 17 heavy (non-hydrogen) atoms. The molecular weight excluding hydrogens is 206 g/mol. The van der Waals surface area contributed by atoms with E-state index in [9.17, 15) is 0 Å².